The quantitative estimate of drug-likeness (QED) is 0.501. The lowest BCUT2D eigenvalue weighted by Gasteiger charge is -2.33. The van der Waals surface area contributed by atoms with Gasteiger partial charge in [0.25, 0.3) is 5.91 Å². The van der Waals surface area contributed by atoms with Crippen LogP contribution in [-0.2, 0) is 19.6 Å². The van der Waals surface area contributed by atoms with Gasteiger partial charge in [0, 0.05) is 32.4 Å². The maximum atomic E-state index is 12.6. The van der Waals surface area contributed by atoms with E-state index in [0.29, 0.717) is 10.6 Å². The first kappa shape index (κ1) is 21.3. The number of rotatable bonds is 6. The van der Waals surface area contributed by atoms with Gasteiger partial charge in [-0.05, 0) is 30.5 Å². The lowest BCUT2D eigenvalue weighted by atomic mass is 10.3. The van der Waals surface area contributed by atoms with Gasteiger partial charge in [0.1, 0.15) is 5.03 Å². The zero-order chi connectivity index (χ0) is 20.9. The van der Waals surface area contributed by atoms with Crippen molar-refractivity contribution in [2.45, 2.75) is 9.92 Å². The minimum atomic E-state index is -3.58. The van der Waals surface area contributed by atoms with Crippen LogP contribution in [0, 0.1) is 0 Å². The maximum Gasteiger partial charge on any atom is 0.341 e. The molecule has 154 valence electrons. The molecule has 3 rings (SSSR count). The summed E-state index contributed by atoms with van der Waals surface area (Å²) in [5.41, 5.74) is 0.312. The molecular weight excluding hydrogens is 414 g/mol. The fourth-order valence-corrected chi connectivity index (χ4v) is 4.91. The lowest BCUT2D eigenvalue weighted by Crippen LogP contribution is -2.51. The second kappa shape index (κ2) is 9.38. The Morgan fingerprint density at radius 2 is 1.76 bits per heavy atom. The molecule has 0 atom stereocenters. The Balaban J connectivity index is 1.53. The summed E-state index contributed by atoms with van der Waals surface area (Å²) in [6, 6.07) is 11.4. The largest absolute Gasteiger partial charge is 0.452 e. The van der Waals surface area contributed by atoms with Gasteiger partial charge >= 0.3 is 5.97 Å². The molecule has 1 fully saturated rings. The SMILES string of the molecule is CSc1ncccc1C(=O)OCC(=O)N1CCN(S(=O)(=O)c2ccccc2)CC1. The molecule has 0 aliphatic carbocycles. The standard InChI is InChI=1S/C19H21N3O5S2/c1-28-18-16(8-5-9-20-18)19(24)27-14-17(23)21-10-12-22(13-11-21)29(25,26)15-6-3-2-4-7-15/h2-9H,10-14H2,1H3. The molecule has 0 N–H and O–H groups in total. The van der Waals surface area contributed by atoms with Crippen LogP contribution in [0.15, 0.2) is 58.6 Å². The van der Waals surface area contributed by atoms with Crippen LogP contribution in [0.3, 0.4) is 0 Å². The summed E-state index contributed by atoms with van der Waals surface area (Å²) in [5.74, 6) is -0.967. The molecule has 1 saturated heterocycles. The van der Waals surface area contributed by atoms with Crippen LogP contribution in [0.2, 0.25) is 0 Å². The van der Waals surface area contributed by atoms with Gasteiger partial charge in [-0.3, -0.25) is 4.79 Å². The summed E-state index contributed by atoms with van der Waals surface area (Å²) < 4.78 is 31.8. The summed E-state index contributed by atoms with van der Waals surface area (Å²) in [6.07, 6.45) is 3.38. The van der Waals surface area contributed by atoms with Crippen molar-refractivity contribution in [1.29, 1.82) is 0 Å². The van der Waals surface area contributed by atoms with Gasteiger partial charge in [0.2, 0.25) is 10.0 Å². The van der Waals surface area contributed by atoms with Crippen LogP contribution in [0.1, 0.15) is 10.4 Å². The first-order chi connectivity index (χ1) is 13.9. The van der Waals surface area contributed by atoms with E-state index in [9.17, 15) is 18.0 Å². The topological polar surface area (TPSA) is 96.9 Å². The van der Waals surface area contributed by atoms with Crippen molar-refractivity contribution in [3.63, 3.8) is 0 Å². The van der Waals surface area contributed by atoms with Crippen LogP contribution in [0.25, 0.3) is 0 Å². The number of carbonyl (C=O) groups is 2. The zero-order valence-corrected chi connectivity index (χ0v) is 17.5. The zero-order valence-electron chi connectivity index (χ0n) is 15.9. The van der Waals surface area contributed by atoms with Gasteiger partial charge in [-0.1, -0.05) is 18.2 Å². The van der Waals surface area contributed by atoms with Gasteiger partial charge in [0.05, 0.1) is 10.5 Å². The molecular formula is C19H21N3O5S2. The maximum absolute atomic E-state index is 12.6. The van der Waals surface area contributed by atoms with E-state index in [1.807, 2.05) is 0 Å². The number of piperazine rings is 1. The third-order valence-corrected chi connectivity index (χ3v) is 7.11. The molecule has 0 radical (unpaired) electrons. The van der Waals surface area contributed by atoms with E-state index < -0.39 is 22.6 Å². The number of sulfonamides is 1. The minimum Gasteiger partial charge on any atom is -0.452 e. The molecule has 29 heavy (non-hydrogen) atoms. The summed E-state index contributed by atoms with van der Waals surface area (Å²) in [7, 11) is -3.58. The van der Waals surface area contributed by atoms with Crippen LogP contribution >= 0.6 is 11.8 Å². The molecule has 0 bridgehead atoms. The molecule has 2 heterocycles. The average molecular weight is 436 g/mol. The molecule has 8 nitrogen and oxygen atoms in total. The van der Waals surface area contributed by atoms with Crippen molar-refractivity contribution in [1.82, 2.24) is 14.2 Å². The van der Waals surface area contributed by atoms with E-state index in [-0.39, 0.29) is 37.0 Å². The molecule has 1 aliphatic rings. The fraction of sp³-hybridized carbons (Fsp3) is 0.316. The lowest BCUT2D eigenvalue weighted by molar-refractivity contribution is -0.135. The second-order valence-corrected chi connectivity index (χ2v) is 8.97. The third kappa shape index (κ3) is 4.95. The fourth-order valence-electron chi connectivity index (χ4n) is 2.92. The molecule has 1 amide bonds. The van der Waals surface area contributed by atoms with Gasteiger partial charge in [-0.25, -0.2) is 18.2 Å². The first-order valence-electron chi connectivity index (χ1n) is 8.92. The van der Waals surface area contributed by atoms with Gasteiger partial charge in [-0.2, -0.15) is 4.31 Å². The number of ether oxygens (including phenoxy) is 1. The van der Waals surface area contributed by atoms with Crippen LogP contribution in [-0.4, -0.2) is 73.5 Å². The highest BCUT2D eigenvalue weighted by molar-refractivity contribution is 7.98. The number of benzene rings is 1. The van der Waals surface area contributed by atoms with Crippen molar-refractivity contribution >= 4 is 33.7 Å². The Morgan fingerprint density at radius 3 is 2.41 bits per heavy atom. The van der Waals surface area contributed by atoms with E-state index in [1.54, 1.807) is 54.9 Å². The third-order valence-electron chi connectivity index (χ3n) is 4.48. The molecule has 1 aromatic carbocycles. The Labute approximate surface area is 173 Å². The molecule has 1 aliphatic heterocycles. The molecule has 2 aromatic rings. The van der Waals surface area contributed by atoms with Crippen molar-refractivity contribution in [3.8, 4) is 0 Å². The van der Waals surface area contributed by atoms with Gasteiger partial charge in [-0.15, -0.1) is 11.8 Å². The van der Waals surface area contributed by atoms with E-state index >= 15 is 0 Å². The minimum absolute atomic E-state index is 0.191. The van der Waals surface area contributed by atoms with Crippen LogP contribution < -0.4 is 0 Å². The van der Waals surface area contributed by atoms with Crippen LogP contribution in [0.5, 0.6) is 0 Å². The Morgan fingerprint density at radius 1 is 1.07 bits per heavy atom. The highest BCUT2D eigenvalue weighted by atomic mass is 32.2. The second-order valence-electron chi connectivity index (χ2n) is 6.23. The molecule has 0 saturated carbocycles. The number of amides is 1. The molecule has 1 aromatic heterocycles. The number of esters is 1. The summed E-state index contributed by atoms with van der Waals surface area (Å²) in [6.45, 7) is 0.468. The van der Waals surface area contributed by atoms with Crippen molar-refractivity contribution in [2.75, 3.05) is 39.0 Å². The Kier molecular flexibility index (Phi) is 6.88. The average Bonchev–Trinajstić information content (AvgIpc) is 2.77. The van der Waals surface area contributed by atoms with Gasteiger partial charge < -0.3 is 9.64 Å². The predicted molar refractivity (Wildman–Crippen MR) is 108 cm³/mol. The van der Waals surface area contributed by atoms with Crippen molar-refractivity contribution in [2.24, 2.45) is 0 Å². The number of hydrogen-bond donors (Lipinski definition) is 0. The van der Waals surface area contributed by atoms with Crippen LogP contribution in [0.4, 0.5) is 0 Å². The van der Waals surface area contributed by atoms with Crippen molar-refractivity contribution in [3.05, 3.63) is 54.2 Å². The summed E-state index contributed by atoms with van der Waals surface area (Å²) in [4.78, 5) is 30.4. The highest BCUT2D eigenvalue weighted by Crippen LogP contribution is 2.19. The number of carbonyl (C=O) groups excluding carboxylic acids is 2. The number of nitrogens with zero attached hydrogens (tertiary/aromatic N) is 3. The highest BCUT2D eigenvalue weighted by Gasteiger charge is 2.30. The van der Waals surface area contributed by atoms with E-state index in [4.69, 9.17) is 4.74 Å². The van der Waals surface area contributed by atoms with E-state index in [1.165, 1.54) is 21.0 Å². The number of hydrogen-bond acceptors (Lipinski definition) is 7. The first-order valence-corrected chi connectivity index (χ1v) is 11.6. The van der Waals surface area contributed by atoms with E-state index in [0.717, 1.165) is 0 Å². The van der Waals surface area contributed by atoms with Gasteiger partial charge in [0.15, 0.2) is 6.61 Å². The molecule has 0 unspecified atom stereocenters. The number of thioether (sulfide) groups is 1. The summed E-state index contributed by atoms with van der Waals surface area (Å²) >= 11 is 1.32. The Bertz CT molecular complexity index is 974. The normalized spacial score (nSPS) is 15.1. The smallest absolute Gasteiger partial charge is 0.341 e. The monoisotopic (exact) mass is 435 g/mol. The Hall–Kier alpha value is -2.43. The number of pyridine rings is 1. The molecule has 0 spiro atoms. The molecule has 10 heteroatoms. The van der Waals surface area contributed by atoms with E-state index in [2.05, 4.69) is 4.98 Å². The van der Waals surface area contributed by atoms with Crippen molar-refractivity contribution < 1.29 is 22.7 Å². The predicted octanol–water partition coefficient (Wildman–Crippen LogP) is 1.49. The summed E-state index contributed by atoms with van der Waals surface area (Å²) in [5, 5.41) is 0.532. The number of aromatic nitrogens is 1.